The molecule has 0 bridgehead atoms. The lowest BCUT2D eigenvalue weighted by Gasteiger charge is -2.18. The lowest BCUT2D eigenvalue weighted by molar-refractivity contribution is -0.116. The Morgan fingerprint density at radius 1 is 1.42 bits per heavy atom. The third kappa shape index (κ3) is 5.87. The second-order valence-electron chi connectivity index (χ2n) is 4.09. The summed E-state index contributed by atoms with van der Waals surface area (Å²) in [5.74, 6) is -0.0971. The molecule has 0 heterocycles. The SMILES string of the molecule is C=CCN(CCO)CCC(=O)Nc1ccccc1Cl. The van der Waals surface area contributed by atoms with E-state index in [-0.39, 0.29) is 12.5 Å². The molecule has 1 aromatic carbocycles. The number of hydrogen-bond donors (Lipinski definition) is 2. The molecule has 0 fully saturated rings. The number of carbonyl (C=O) groups excluding carboxylic acids is 1. The van der Waals surface area contributed by atoms with Crippen molar-refractivity contribution in [2.45, 2.75) is 6.42 Å². The number of rotatable bonds is 8. The Labute approximate surface area is 118 Å². The standard InChI is InChI=1S/C14H19ClN2O2/c1-2-8-17(10-11-18)9-7-14(19)16-13-6-4-3-5-12(13)15/h2-6,18H,1,7-11H2,(H,16,19). The zero-order valence-electron chi connectivity index (χ0n) is 10.8. The van der Waals surface area contributed by atoms with Crippen LogP contribution in [-0.4, -0.2) is 42.2 Å². The second-order valence-corrected chi connectivity index (χ2v) is 4.50. The molecule has 0 aliphatic heterocycles. The first-order valence-corrected chi connectivity index (χ1v) is 6.53. The zero-order valence-corrected chi connectivity index (χ0v) is 11.6. The van der Waals surface area contributed by atoms with Crippen molar-refractivity contribution in [1.29, 1.82) is 0 Å². The van der Waals surface area contributed by atoms with Crippen molar-refractivity contribution in [1.82, 2.24) is 4.90 Å². The third-order valence-electron chi connectivity index (χ3n) is 2.61. The Kier molecular flexibility index (Phi) is 7.18. The number of benzene rings is 1. The Morgan fingerprint density at radius 2 is 2.16 bits per heavy atom. The molecule has 19 heavy (non-hydrogen) atoms. The summed E-state index contributed by atoms with van der Waals surface area (Å²) in [6.45, 7) is 5.48. The summed E-state index contributed by atoms with van der Waals surface area (Å²) in [5, 5.41) is 12.2. The van der Waals surface area contributed by atoms with Gasteiger partial charge in [0.2, 0.25) is 5.91 Å². The predicted molar refractivity (Wildman–Crippen MR) is 78.4 cm³/mol. The molecular weight excluding hydrogens is 264 g/mol. The van der Waals surface area contributed by atoms with Gasteiger partial charge in [0.1, 0.15) is 0 Å². The van der Waals surface area contributed by atoms with Gasteiger partial charge in [-0.05, 0) is 12.1 Å². The number of anilines is 1. The van der Waals surface area contributed by atoms with Crippen LogP contribution in [0.1, 0.15) is 6.42 Å². The maximum absolute atomic E-state index is 11.8. The van der Waals surface area contributed by atoms with Crippen LogP contribution in [0.3, 0.4) is 0 Å². The van der Waals surface area contributed by atoms with Gasteiger partial charge >= 0.3 is 0 Å². The van der Waals surface area contributed by atoms with Gasteiger partial charge in [-0.15, -0.1) is 6.58 Å². The zero-order chi connectivity index (χ0) is 14.1. The number of nitrogens with one attached hydrogen (secondary N) is 1. The van der Waals surface area contributed by atoms with E-state index < -0.39 is 0 Å². The number of halogens is 1. The molecule has 0 unspecified atom stereocenters. The number of hydrogen-bond acceptors (Lipinski definition) is 3. The van der Waals surface area contributed by atoms with E-state index in [1.165, 1.54) is 0 Å². The van der Waals surface area contributed by atoms with Crippen LogP contribution in [-0.2, 0) is 4.79 Å². The van der Waals surface area contributed by atoms with Gasteiger partial charge in [0.25, 0.3) is 0 Å². The van der Waals surface area contributed by atoms with Crippen molar-refractivity contribution in [3.05, 3.63) is 41.9 Å². The van der Waals surface area contributed by atoms with Crippen LogP contribution in [0.25, 0.3) is 0 Å². The minimum atomic E-state index is -0.0971. The molecule has 2 N–H and O–H groups in total. The fourth-order valence-corrected chi connectivity index (χ4v) is 1.84. The van der Waals surface area contributed by atoms with Crippen LogP contribution < -0.4 is 5.32 Å². The van der Waals surface area contributed by atoms with Gasteiger partial charge in [0.15, 0.2) is 0 Å². The predicted octanol–water partition coefficient (Wildman–Crippen LogP) is 2.15. The first-order valence-electron chi connectivity index (χ1n) is 6.16. The molecule has 0 atom stereocenters. The van der Waals surface area contributed by atoms with E-state index in [1.54, 1.807) is 18.2 Å². The van der Waals surface area contributed by atoms with E-state index >= 15 is 0 Å². The summed E-state index contributed by atoms with van der Waals surface area (Å²) in [7, 11) is 0. The van der Waals surface area contributed by atoms with Gasteiger partial charge < -0.3 is 10.4 Å². The number of carbonyl (C=O) groups is 1. The molecule has 1 rings (SSSR count). The smallest absolute Gasteiger partial charge is 0.225 e. The summed E-state index contributed by atoms with van der Waals surface area (Å²) in [4.78, 5) is 13.8. The molecule has 104 valence electrons. The maximum Gasteiger partial charge on any atom is 0.225 e. The summed E-state index contributed by atoms with van der Waals surface area (Å²) < 4.78 is 0. The van der Waals surface area contributed by atoms with Crippen LogP contribution in [0.15, 0.2) is 36.9 Å². The van der Waals surface area contributed by atoms with Gasteiger partial charge in [0, 0.05) is 26.1 Å². The first-order chi connectivity index (χ1) is 9.17. The normalized spacial score (nSPS) is 10.5. The van der Waals surface area contributed by atoms with Crippen molar-refractivity contribution in [3.8, 4) is 0 Å². The monoisotopic (exact) mass is 282 g/mol. The van der Waals surface area contributed by atoms with Crippen LogP contribution in [0.4, 0.5) is 5.69 Å². The van der Waals surface area contributed by atoms with Crippen LogP contribution in [0, 0.1) is 0 Å². The molecule has 0 spiro atoms. The topological polar surface area (TPSA) is 52.6 Å². The lowest BCUT2D eigenvalue weighted by atomic mass is 10.3. The van der Waals surface area contributed by atoms with Crippen molar-refractivity contribution in [2.75, 3.05) is 31.6 Å². The summed E-state index contributed by atoms with van der Waals surface area (Å²) >= 11 is 5.96. The summed E-state index contributed by atoms with van der Waals surface area (Å²) in [6.07, 6.45) is 2.10. The number of amides is 1. The van der Waals surface area contributed by atoms with Crippen LogP contribution >= 0.6 is 11.6 Å². The summed E-state index contributed by atoms with van der Waals surface area (Å²) in [6, 6.07) is 7.12. The van der Waals surface area contributed by atoms with E-state index in [1.807, 2.05) is 17.0 Å². The van der Waals surface area contributed by atoms with E-state index in [0.717, 1.165) is 0 Å². The molecule has 0 aromatic heterocycles. The Hall–Kier alpha value is -1.36. The Balaban J connectivity index is 2.42. The third-order valence-corrected chi connectivity index (χ3v) is 2.94. The largest absolute Gasteiger partial charge is 0.395 e. The highest BCUT2D eigenvalue weighted by Crippen LogP contribution is 2.20. The maximum atomic E-state index is 11.8. The average molecular weight is 283 g/mol. The van der Waals surface area contributed by atoms with Gasteiger partial charge in [-0.1, -0.05) is 29.8 Å². The van der Waals surface area contributed by atoms with Gasteiger partial charge in [-0.25, -0.2) is 0 Å². The minimum Gasteiger partial charge on any atom is -0.395 e. The molecule has 0 saturated carbocycles. The van der Waals surface area contributed by atoms with Gasteiger partial charge in [0.05, 0.1) is 17.3 Å². The number of para-hydroxylation sites is 1. The molecule has 0 aliphatic carbocycles. The van der Waals surface area contributed by atoms with E-state index in [0.29, 0.717) is 36.8 Å². The Morgan fingerprint density at radius 3 is 2.79 bits per heavy atom. The fourth-order valence-electron chi connectivity index (χ4n) is 1.65. The highest BCUT2D eigenvalue weighted by atomic mass is 35.5. The first kappa shape index (κ1) is 15.7. The van der Waals surface area contributed by atoms with E-state index in [2.05, 4.69) is 11.9 Å². The van der Waals surface area contributed by atoms with Crippen LogP contribution in [0.5, 0.6) is 0 Å². The molecule has 0 radical (unpaired) electrons. The minimum absolute atomic E-state index is 0.0694. The molecule has 0 aliphatic rings. The molecule has 1 amide bonds. The van der Waals surface area contributed by atoms with Gasteiger partial charge in [-0.3, -0.25) is 9.69 Å². The molecular formula is C14H19ClN2O2. The fraction of sp³-hybridized carbons (Fsp3) is 0.357. The highest BCUT2D eigenvalue weighted by molar-refractivity contribution is 6.33. The highest BCUT2D eigenvalue weighted by Gasteiger charge is 2.08. The van der Waals surface area contributed by atoms with Crippen molar-refractivity contribution >= 4 is 23.2 Å². The van der Waals surface area contributed by atoms with Gasteiger partial charge in [-0.2, -0.15) is 0 Å². The molecule has 0 saturated heterocycles. The van der Waals surface area contributed by atoms with E-state index in [4.69, 9.17) is 16.7 Å². The summed E-state index contributed by atoms with van der Waals surface area (Å²) in [5.41, 5.74) is 0.617. The molecule has 4 nitrogen and oxygen atoms in total. The lowest BCUT2D eigenvalue weighted by Crippen LogP contribution is -2.30. The number of aliphatic hydroxyl groups is 1. The molecule has 1 aromatic rings. The second kappa shape index (κ2) is 8.69. The van der Waals surface area contributed by atoms with Crippen molar-refractivity contribution < 1.29 is 9.90 Å². The Bertz CT molecular complexity index is 424. The molecule has 5 heteroatoms. The van der Waals surface area contributed by atoms with Crippen molar-refractivity contribution in [3.63, 3.8) is 0 Å². The quantitative estimate of drug-likeness (QED) is 0.719. The number of aliphatic hydroxyl groups excluding tert-OH is 1. The van der Waals surface area contributed by atoms with Crippen molar-refractivity contribution in [2.24, 2.45) is 0 Å². The van der Waals surface area contributed by atoms with Crippen LogP contribution in [0.2, 0.25) is 5.02 Å². The average Bonchev–Trinajstić information content (AvgIpc) is 2.39. The van der Waals surface area contributed by atoms with E-state index in [9.17, 15) is 4.79 Å². The number of nitrogens with zero attached hydrogens (tertiary/aromatic N) is 1.